The summed E-state index contributed by atoms with van der Waals surface area (Å²) in [5, 5.41) is 1.26. The Morgan fingerprint density at radius 3 is 2.86 bits per heavy atom. The fourth-order valence-electron chi connectivity index (χ4n) is 1.10. The third kappa shape index (κ3) is 1.50. The Hall–Kier alpha value is -0.690. The van der Waals surface area contributed by atoms with E-state index in [0.29, 0.717) is 0 Å². The van der Waals surface area contributed by atoms with E-state index in [1.165, 1.54) is 23.5 Å². The SMILES string of the molecule is O=S(=O)(Cl)C1=C(Cl)C=CN2ONC=C12. The van der Waals surface area contributed by atoms with Gasteiger partial charge in [-0.3, -0.25) is 0 Å². The van der Waals surface area contributed by atoms with Crippen molar-refractivity contribution in [3.05, 3.63) is 34.1 Å². The standard InChI is InChI=1S/C6H4Cl2N2O3S/c7-4-1-2-10-5(3-9-13-10)6(4)14(8,11)12/h1-3,9H. The van der Waals surface area contributed by atoms with Crippen LogP contribution in [0.15, 0.2) is 34.1 Å². The predicted octanol–water partition coefficient (Wildman–Crippen LogP) is 1.13. The van der Waals surface area contributed by atoms with Crippen molar-refractivity contribution in [2.45, 2.75) is 0 Å². The van der Waals surface area contributed by atoms with Crippen LogP contribution >= 0.6 is 22.3 Å². The van der Waals surface area contributed by atoms with Crippen LogP contribution in [0.5, 0.6) is 0 Å². The first-order valence-electron chi connectivity index (χ1n) is 3.45. The van der Waals surface area contributed by atoms with Gasteiger partial charge in [0, 0.05) is 16.9 Å². The lowest BCUT2D eigenvalue weighted by atomic mass is 10.3. The third-order valence-corrected chi connectivity index (χ3v) is 3.44. The molecule has 0 saturated heterocycles. The molecule has 0 saturated carbocycles. The monoisotopic (exact) mass is 254 g/mol. The fourth-order valence-corrected chi connectivity index (χ4v) is 2.86. The molecule has 1 N–H and O–H groups in total. The van der Waals surface area contributed by atoms with E-state index in [9.17, 15) is 8.42 Å². The van der Waals surface area contributed by atoms with Gasteiger partial charge in [0.15, 0.2) is 0 Å². The zero-order valence-corrected chi connectivity index (χ0v) is 8.90. The molecule has 0 aliphatic carbocycles. The maximum Gasteiger partial charge on any atom is 0.265 e. The molecule has 0 aromatic rings. The summed E-state index contributed by atoms with van der Waals surface area (Å²) in [4.78, 5) is 4.65. The summed E-state index contributed by atoms with van der Waals surface area (Å²) in [7, 11) is 1.33. The molecule has 5 nitrogen and oxygen atoms in total. The Labute approximate surface area is 89.6 Å². The normalized spacial score (nSPS) is 20.7. The maximum atomic E-state index is 11.2. The number of halogens is 2. The number of hydrogen-bond acceptors (Lipinski definition) is 5. The van der Waals surface area contributed by atoms with Gasteiger partial charge < -0.3 is 0 Å². The zero-order chi connectivity index (χ0) is 10.3. The predicted molar refractivity (Wildman–Crippen MR) is 50.9 cm³/mol. The molecule has 2 aliphatic rings. The van der Waals surface area contributed by atoms with Crippen molar-refractivity contribution in [3.8, 4) is 0 Å². The largest absolute Gasteiger partial charge is 0.265 e. The second kappa shape index (κ2) is 3.16. The number of nitrogens with one attached hydrogen (secondary N) is 1. The molecule has 0 bridgehead atoms. The molecule has 2 heterocycles. The minimum atomic E-state index is -3.89. The van der Waals surface area contributed by atoms with Crippen LogP contribution in [0, 0.1) is 0 Å². The summed E-state index contributed by atoms with van der Waals surface area (Å²) in [6.45, 7) is 0. The number of hydroxylamine groups is 3. The first-order chi connectivity index (χ1) is 6.50. The lowest BCUT2D eigenvalue weighted by Gasteiger charge is -2.18. The molecule has 0 amide bonds. The average Bonchev–Trinajstić information content (AvgIpc) is 2.48. The highest BCUT2D eigenvalue weighted by molar-refractivity contribution is 8.17. The molecular formula is C6H4Cl2N2O3S. The minimum Gasteiger partial charge on any atom is -0.247 e. The van der Waals surface area contributed by atoms with Gasteiger partial charge in [0.1, 0.15) is 10.6 Å². The van der Waals surface area contributed by atoms with Gasteiger partial charge >= 0.3 is 0 Å². The molecule has 0 aromatic heterocycles. The zero-order valence-electron chi connectivity index (χ0n) is 6.57. The number of allylic oxidation sites excluding steroid dienone is 2. The van der Waals surface area contributed by atoms with Gasteiger partial charge in [-0.2, -0.15) is 4.94 Å². The topological polar surface area (TPSA) is 58.6 Å². The highest BCUT2D eigenvalue weighted by atomic mass is 35.7. The smallest absolute Gasteiger partial charge is 0.247 e. The number of nitrogens with zero attached hydrogens (tertiary/aromatic N) is 1. The van der Waals surface area contributed by atoms with Crippen LogP contribution in [0.1, 0.15) is 0 Å². The number of hydrogen-bond donors (Lipinski definition) is 1. The molecular weight excluding hydrogens is 251 g/mol. The van der Waals surface area contributed by atoms with Gasteiger partial charge in [-0.15, -0.1) is 0 Å². The van der Waals surface area contributed by atoms with Crippen LogP contribution in [0.4, 0.5) is 0 Å². The van der Waals surface area contributed by atoms with Gasteiger partial charge in [-0.05, 0) is 6.08 Å². The van der Waals surface area contributed by atoms with Crippen molar-refractivity contribution < 1.29 is 13.4 Å². The molecule has 0 unspecified atom stereocenters. The van der Waals surface area contributed by atoms with Crippen molar-refractivity contribution in [2.24, 2.45) is 0 Å². The van der Waals surface area contributed by atoms with Gasteiger partial charge in [-0.1, -0.05) is 11.6 Å². The van der Waals surface area contributed by atoms with E-state index < -0.39 is 9.05 Å². The van der Waals surface area contributed by atoms with Crippen LogP contribution in [-0.2, 0) is 14.0 Å². The fraction of sp³-hybridized carbons (Fsp3) is 0. The summed E-state index contributed by atoms with van der Waals surface area (Å²) >= 11 is 5.71. The summed E-state index contributed by atoms with van der Waals surface area (Å²) in [5.41, 5.74) is 2.64. The lowest BCUT2D eigenvalue weighted by molar-refractivity contribution is -0.112. The van der Waals surface area contributed by atoms with Crippen molar-refractivity contribution >= 4 is 31.3 Å². The van der Waals surface area contributed by atoms with Crippen LogP contribution in [-0.4, -0.2) is 13.5 Å². The van der Waals surface area contributed by atoms with E-state index in [4.69, 9.17) is 27.2 Å². The van der Waals surface area contributed by atoms with Crippen molar-refractivity contribution in [1.82, 2.24) is 10.5 Å². The Morgan fingerprint density at radius 2 is 2.21 bits per heavy atom. The molecule has 0 atom stereocenters. The molecule has 14 heavy (non-hydrogen) atoms. The van der Waals surface area contributed by atoms with Crippen molar-refractivity contribution in [1.29, 1.82) is 0 Å². The summed E-state index contributed by atoms with van der Waals surface area (Å²) in [6.07, 6.45) is 4.20. The van der Waals surface area contributed by atoms with E-state index in [-0.39, 0.29) is 15.6 Å². The minimum absolute atomic E-state index is 0.0507. The third-order valence-electron chi connectivity index (χ3n) is 1.63. The number of fused-ring (bicyclic) bond motifs is 1. The highest BCUT2D eigenvalue weighted by Crippen LogP contribution is 2.34. The summed E-state index contributed by atoms with van der Waals surface area (Å²) in [6, 6.07) is 0. The first kappa shape index (κ1) is 9.85. The molecule has 0 aromatic carbocycles. The molecule has 0 fully saturated rings. The van der Waals surface area contributed by atoms with Crippen molar-refractivity contribution in [3.63, 3.8) is 0 Å². The summed E-state index contributed by atoms with van der Waals surface area (Å²) < 4.78 is 22.4. The van der Waals surface area contributed by atoms with Gasteiger partial charge in [0.25, 0.3) is 9.05 Å². The second-order valence-corrected chi connectivity index (χ2v) is 5.41. The number of rotatable bonds is 1. The molecule has 2 rings (SSSR count). The van der Waals surface area contributed by atoms with Crippen LogP contribution in [0.3, 0.4) is 0 Å². The van der Waals surface area contributed by atoms with E-state index in [1.807, 2.05) is 0 Å². The van der Waals surface area contributed by atoms with Crippen LogP contribution in [0.25, 0.3) is 0 Å². The molecule has 76 valence electrons. The molecule has 2 aliphatic heterocycles. The lowest BCUT2D eigenvalue weighted by Crippen LogP contribution is -2.20. The first-order valence-corrected chi connectivity index (χ1v) is 6.14. The average molecular weight is 255 g/mol. The van der Waals surface area contributed by atoms with Gasteiger partial charge in [-0.25, -0.2) is 19.0 Å². The quantitative estimate of drug-likeness (QED) is 0.711. The molecule has 8 heteroatoms. The summed E-state index contributed by atoms with van der Waals surface area (Å²) in [5.74, 6) is 0. The Kier molecular flexibility index (Phi) is 2.23. The molecule has 0 radical (unpaired) electrons. The van der Waals surface area contributed by atoms with E-state index in [0.717, 1.165) is 0 Å². The Balaban J connectivity index is 2.60. The Bertz CT molecular complexity index is 465. The van der Waals surface area contributed by atoms with Crippen molar-refractivity contribution in [2.75, 3.05) is 0 Å². The van der Waals surface area contributed by atoms with E-state index >= 15 is 0 Å². The second-order valence-electron chi connectivity index (χ2n) is 2.50. The van der Waals surface area contributed by atoms with E-state index in [1.54, 1.807) is 0 Å². The van der Waals surface area contributed by atoms with Gasteiger partial charge in [0.05, 0.1) is 11.2 Å². The highest BCUT2D eigenvalue weighted by Gasteiger charge is 2.31. The van der Waals surface area contributed by atoms with Gasteiger partial charge in [0.2, 0.25) is 0 Å². The molecule has 0 spiro atoms. The van der Waals surface area contributed by atoms with E-state index in [2.05, 4.69) is 5.48 Å². The Morgan fingerprint density at radius 1 is 1.50 bits per heavy atom. The van der Waals surface area contributed by atoms with Crippen LogP contribution in [0.2, 0.25) is 0 Å². The maximum absolute atomic E-state index is 11.2. The van der Waals surface area contributed by atoms with Crippen LogP contribution < -0.4 is 5.48 Å².